The molecule has 1 heteroatoms. The van der Waals surface area contributed by atoms with Crippen molar-refractivity contribution in [3.05, 3.63) is 0 Å². The second-order valence-electron chi connectivity index (χ2n) is 6.84. The van der Waals surface area contributed by atoms with Crippen molar-refractivity contribution in [2.24, 2.45) is 17.8 Å². The Morgan fingerprint density at radius 3 is 2.28 bits per heavy atom. The van der Waals surface area contributed by atoms with E-state index in [0.29, 0.717) is 5.92 Å². The zero-order valence-electron chi connectivity index (χ0n) is 12.2. The molecule has 2 rings (SSSR count). The van der Waals surface area contributed by atoms with Crippen molar-refractivity contribution in [3.63, 3.8) is 0 Å². The van der Waals surface area contributed by atoms with Crippen molar-refractivity contribution in [3.8, 4) is 0 Å². The molecule has 2 unspecified atom stereocenters. The maximum Gasteiger partial charge on any atom is 0.0568 e. The molecule has 2 fully saturated rings. The van der Waals surface area contributed by atoms with Gasteiger partial charge in [0.1, 0.15) is 0 Å². The Balaban J connectivity index is 1.69. The first-order valence-corrected chi connectivity index (χ1v) is 8.47. The van der Waals surface area contributed by atoms with Crippen LogP contribution >= 0.6 is 0 Å². The molecule has 4 atom stereocenters. The molecule has 18 heavy (non-hydrogen) atoms. The maximum atomic E-state index is 10.0. The van der Waals surface area contributed by atoms with Gasteiger partial charge in [-0.05, 0) is 37.0 Å². The molecule has 2 aliphatic carbocycles. The van der Waals surface area contributed by atoms with E-state index in [1.807, 2.05) is 0 Å². The van der Waals surface area contributed by atoms with Crippen molar-refractivity contribution in [2.45, 2.75) is 90.1 Å². The average molecular weight is 252 g/mol. The third-order valence-electron chi connectivity index (χ3n) is 5.60. The van der Waals surface area contributed by atoms with Crippen LogP contribution in [0.1, 0.15) is 84.0 Å². The van der Waals surface area contributed by atoms with Crippen LogP contribution in [0.2, 0.25) is 0 Å². The molecule has 2 saturated carbocycles. The summed E-state index contributed by atoms with van der Waals surface area (Å²) in [5, 5.41) is 10.0. The summed E-state index contributed by atoms with van der Waals surface area (Å²) in [6, 6.07) is 0. The van der Waals surface area contributed by atoms with Crippen molar-refractivity contribution >= 4 is 0 Å². The smallest absolute Gasteiger partial charge is 0.0568 e. The Morgan fingerprint density at radius 1 is 0.778 bits per heavy atom. The molecule has 0 aliphatic heterocycles. The van der Waals surface area contributed by atoms with Gasteiger partial charge in [-0.25, -0.2) is 0 Å². The highest BCUT2D eigenvalue weighted by molar-refractivity contribution is 4.77. The molecular formula is C17H32O. The van der Waals surface area contributed by atoms with E-state index < -0.39 is 0 Å². The van der Waals surface area contributed by atoms with Crippen molar-refractivity contribution < 1.29 is 5.11 Å². The standard InChI is InChI=1S/C17H32O/c1-2-14-6-5-7-15(11-10-14)12-13-16-8-3-4-9-17(16)18/h14-18H,2-13H2,1H3/t14?,15?,16-,17+/m0/s1. The molecule has 0 aromatic rings. The van der Waals surface area contributed by atoms with Crippen LogP contribution in [0, 0.1) is 17.8 Å². The van der Waals surface area contributed by atoms with Crippen molar-refractivity contribution in [2.75, 3.05) is 0 Å². The highest BCUT2D eigenvalue weighted by Crippen LogP contribution is 2.34. The predicted octanol–water partition coefficient (Wildman–Crippen LogP) is 4.92. The van der Waals surface area contributed by atoms with Gasteiger partial charge in [0.15, 0.2) is 0 Å². The molecule has 0 aromatic heterocycles. The van der Waals surface area contributed by atoms with E-state index in [9.17, 15) is 5.11 Å². The zero-order valence-corrected chi connectivity index (χ0v) is 12.2. The van der Waals surface area contributed by atoms with Crippen molar-refractivity contribution in [1.29, 1.82) is 0 Å². The van der Waals surface area contributed by atoms with E-state index in [4.69, 9.17) is 0 Å². The molecule has 0 saturated heterocycles. The Morgan fingerprint density at radius 2 is 1.50 bits per heavy atom. The predicted molar refractivity (Wildman–Crippen MR) is 77.6 cm³/mol. The Labute approximate surface area is 113 Å². The summed E-state index contributed by atoms with van der Waals surface area (Å²) in [6.07, 6.45) is 16.3. The van der Waals surface area contributed by atoms with E-state index in [1.165, 1.54) is 70.6 Å². The van der Waals surface area contributed by atoms with Crippen LogP contribution in [0.25, 0.3) is 0 Å². The SMILES string of the molecule is CCC1CCCC(CC[C@@H]2CCCC[C@H]2O)CC1. The first-order valence-electron chi connectivity index (χ1n) is 8.47. The monoisotopic (exact) mass is 252 g/mol. The molecule has 0 radical (unpaired) electrons. The summed E-state index contributed by atoms with van der Waals surface area (Å²) in [6.45, 7) is 2.35. The van der Waals surface area contributed by atoms with E-state index in [2.05, 4.69) is 6.92 Å². The topological polar surface area (TPSA) is 20.2 Å². The summed E-state index contributed by atoms with van der Waals surface area (Å²) in [7, 11) is 0. The summed E-state index contributed by atoms with van der Waals surface area (Å²) in [5.41, 5.74) is 0. The highest BCUT2D eigenvalue weighted by atomic mass is 16.3. The lowest BCUT2D eigenvalue weighted by Crippen LogP contribution is -2.24. The van der Waals surface area contributed by atoms with Crippen LogP contribution in [0.15, 0.2) is 0 Å². The molecule has 2 aliphatic rings. The van der Waals surface area contributed by atoms with E-state index >= 15 is 0 Å². The molecule has 0 heterocycles. The summed E-state index contributed by atoms with van der Waals surface area (Å²) in [5.74, 6) is 2.61. The minimum Gasteiger partial charge on any atom is -0.393 e. The van der Waals surface area contributed by atoms with Gasteiger partial charge in [-0.15, -0.1) is 0 Å². The molecule has 0 aromatic carbocycles. The second-order valence-corrected chi connectivity index (χ2v) is 6.84. The zero-order chi connectivity index (χ0) is 12.8. The van der Waals surface area contributed by atoms with E-state index in [0.717, 1.165) is 18.3 Å². The third-order valence-corrected chi connectivity index (χ3v) is 5.60. The van der Waals surface area contributed by atoms with E-state index in [1.54, 1.807) is 0 Å². The molecule has 106 valence electrons. The average Bonchev–Trinajstić information content (AvgIpc) is 2.63. The minimum absolute atomic E-state index is 0.0212. The Kier molecular flexibility index (Phi) is 6.01. The van der Waals surface area contributed by atoms with Crippen LogP contribution in [0.5, 0.6) is 0 Å². The summed E-state index contributed by atoms with van der Waals surface area (Å²) >= 11 is 0. The van der Waals surface area contributed by atoms with Gasteiger partial charge >= 0.3 is 0 Å². The number of aliphatic hydroxyl groups excluding tert-OH is 1. The highest BCUT2D eigenvalue weighted by Gasteiger charge is 2.24. The number of rotatable bonds is 4. The molecule has 0 spiro atoms. The lowest BCUT2D eigenvalue weighted by Gasteiger charge is -2.28. The van der Waals surface area contributed by atoms with Gasteiger partial charge in [0, 0.05) is 0 Å². The van der Waals surface area contributed by atoms with Crippen LogP contribution < -0.4 is 0 Å². The molecular weight excluding hydrogens is 220 g/mol. The summed E-state index contributed by atoms with van der Waals surface area (Å²) in [4.78, 5) is 0. The van der Waals surface area contributed by atoms with Gasteiger partial charge in [0.05, 0.1) is 6.10 Å². The first-order chi connectivity index (χ1) is 8.79. The Bertz CT molecular complexity index is 226. The molecule has 0 bridgehead atoms. The normalized spacial score (nSPS) is 38.3. The maximum absolute atomic E-state index is 10.0. The van der Waals surface area contributed by atoms with Gasteiger partial charge in [-0.1, -0.05) is 64.7 Å². The number of aliphatic hydroxyl groups is 1. The number of hydrogen-bond acceptors (Lipinski definition) is 1. The molecule has 1 nitrogen and oxygen atoms in total. The van der Waals surface area contributed by atoms with Crippen LogP contribution in [0.4, 0.5) is 0 Å². The van der Waals surface area contributed by atoms with Crippen LogP contribution in [-0.4, -0.2) is 11.2 Å². The fourth-order valence-electron chi connectivity index (χ4n) is 4.13. The van der Waals surface area contributed by atoms with Gasteiger partial charge < -0.3 is 5.11 Å². The summed E-state index contributed by atoms with van der Waals surface area (Å²) < 4.78 is 0. The lowest BCUT2D eigenvalue weighted by atomic mass is 9.81. The van der Waals surface area contributed by atoms with Crippen molar-refractivity contribution in [1.82, 2.24) is 0 Å². The van der Waals surface area contributed by atoms with Crippen LogP contribution in [0.3, 0.4) is 0 Å². The Hall–Kier alpha value is -0.0400. The van der Waals surface area contributed by atoms with Gasteiger partial charge in [0.2, 0.25) is 0 Å². The number of hydrogen-bond donors (Lipinski definition) is 1. The minimum atomic E-state index is 0.0212. The fraction of sp³-hybridized carbons (Fsp3) is 1.00. The van der Waals surface area contributed by atoms with Gasteiger partial charge in [-0.3, -0.25) is 0 Å². The lowest BCUT2D eigenvalue weighted by molar-refractivity contribution is 0.0612. The quantitative estimate of drug-likeness (QED) is 0.704. The first kappa shape index (κ1) is 14.4. The molecule has 1 N–H and O–H groups in total. The third kappa shape index (κ3) is 4.26. The largest absolute Gasteiger partial charge is 0.393 e. The van der Waals surface area contributed by atoms with E-state index in [-0.39, 0.29) is 6.10 Å². The molecule has 0 amide bonds. The van der Waals surface area contributed by atoms with Gasteiger partial charge in [0.25, 0.3) is 0 Å². The van der Waals surface area contributed by atoms with Gasteiger partial charge in [-0.2, -0.15) is 0 Å². The fourth-order valence-corrected chi connectivity index (χ4v) is 4.13. The van der Waals surface area contributed by atoms with Crippen LogP contribution in [-0.2, 0) is 0 Å². The second kappa shape index (κ2) is 7.53.